The lowest BCUT2D eigenvalue weighted by Crippen LogP contribution is -2.25. The van der Waals surface area contributed by atoms with Gasteiger partial charge in [-0.05, 0) is 17.2 Å². The average Bonchev–Trinajstić information content (AvgIpc) is 3.07. The molecule has 0 radical (unpaired) electrons. The smallest absolute Gasteiger partial charge is 0.256 e. The second-order valence-electron chi connectivity index (χ2n) is 5.37. The van der Waals surface area contributed by atoms with Gasteiger partial charge in [0.2, 0.25) is 5.91 Å². The molecule has 104 valence electrons. The molecule has 0 fully saturated rings. The van der Waals surface area contributed by atoms with Crippen molar-refractivity contribution in [3.05, 3.63) is 58.9 Å². The maximum atomic E-state index is 12.6. The lowest BCUT2D eigenvalue weighted by molar-refractivity contribution is -0.115. The monoisotopic (exact) mass is 279 g/mol. The lowest BCUT2D eigenvalue weighted by atomic mass is 10.1. The second kappa shape index (κ2) is 4.41. The number of pyridine rings is 1. The number of anilines is 1. The summed E-state index contributed by atoms with van der Waals surface area (Å²) in [6, 6.07) is 9.78. The molecule has 0 unspecified atom stereocenters. The van der Waals surface area contributed by atoms with Crippen LogP contribution >= 0.6 is 0 Å². The van der Waals surface area contributed by atoms with E-state index in [0.717, 1.165) is 0 Å². The molecule has 2 amide bonds. The Kier molecular flexibility index (Phi) is 2.54. The number of hydrogen-bond donors (Lipinski definition) is 1. The summed E-state index contributed by atoms with van der Waals surface area (Å²) in [6.07, 6.45) is 1.85. The number of fused-ring (bicyclic) bond motifs is 2. The van der Waals surface area contributed by atoms with Crippen molar-refractivity contribution in [2.45, 2.75) is 19.5 Å². The molecule has 4 rings (SSSR count). The molecule has 5 nitrogen and oxygen atoms in total. The molecule has 0 saturated carbocycles. The van der Waals surface area contributed by atoms with Crippen LogP contribution in [-0.2, 0) is 24.3 Å². The van der Waals surface area contributed by atoms with Crippen LogP contribution in [0.4, 0.5) is 5.69 Å². The van der Waals surface area contributed by atoms with Gasteiger partial charge >= 0.3 is 0 Å². The quantitative estimate of drug-likeness (QED) is 0.864. The Morgan fingerprint density at radius 2 is 1.90 bits per heavy atom. The highest BCUT2D eigenvalue weighted by Crippen LogP contribution is 2.26. The first kappa shape index (κ1) is 12.1. The SMILES string of the molecule is O=C1Cc2ncc(C(=O)N3Cc4ccccc4C3)cc2N1. The van der Waals surface area contributed by atoms with Crippen molar-refractivity contribution in [1.29, 1.82) is 0 Å². The molecule has 2 aromatic rings. The summed E-state index contributed by atoms with van der Waals surface area (Å²) >= 11 is 0. The third-order valence-electron chi connectivity index (χ3n) is 3.95. The molecule has 0 spiro atoms. The third-order valence-corrected chi connectivity index (χ3v) is 3.95. The van der Waals surface area contributed by atoms with Gasteiger partial charge in [-0.3, -0.25) is 14.6 Å². The Bertz CT molecular complexity index is 745. The van der Waals surface area contributed by atoms with E-state index in [-0.39, 0.29) is 11.8 Å². The molecule has 21 heavy (non-hydrogen) atoms. The zero-order valence-electron chi connectivity index (χ0n) is 11.3. The number of amides is 2. The van der Waals surface area contributed by atoms with Gasteiger partial charge in [0.25, 0.3) is 5.91 Å². The fourth-order valence-electron chi connectivity index (χ4n) is 2.86. The van der Waals surface area contributed by atoms with Gasteiger partial charge in [-0.2, -0.15) is 0 Å². The maximum absolute atomic E-state index is 12.6. The second-order valence-corrected chi connectivity index (χ2v) is 5.37. The number of hydrogen-bond acceptors (Lipinski definition) is 3. The van der Waals surface area contributed by atoms with E-state index in [9.17, 15) is 9.59 Å². The highest BCUT2D eigenvalue weighted by Gasteiger charge is 2.26. The highest BCUT2D eigenvalue weighted by atomic mass is 16.2. The Morgan fingerprint density at radius 3 is 2.62 bits per heavy atom. The van der Waals surface area contributed by atoms with E-state index >= 15 is 0 Å². The van der Waals surface area contributed by atoms with Crippen molar-refractivity contribution < 1.29 is 9.59 Å². The van der Waals surface area contributed by atoms with E-state index in [0.29, 0.717) is 36.5 Å². The van der Waals surface area contributed by atoms with E-state index in [1.807, 2.05) is 24.3 Å². The summed E-state index contributed by atoms with van der Waals surface area (Å²) in [7, 11) is 0. The van der Waals surface area contributed by atoms with Gasteiger partial charge in [0.15, 0.2) is 0 Å². The van der Waals surface area contributed by atoms with Crippen LogP contribution in [0.5, 0.6) is 0 Å². The topological polar surface area (TPSA) is 62.3 Å². The van der Waals surface area contributed by atoms with Crippen molar-refractivity contribution >= 4 is 17.5 Å². The van der Waals surface area contributed by atoms with Crippen LogP contribution in [0.3, 0.4) is 0 Å². The van der Waals surface area contributed by atoms with Crippen LogP contribution in [0.1, 0.15) is 27.2 Å². The summed E-state index contributed by atoms with van der Waals surface area (Å²) in [6.45, 7) is 1.25. The molecule has 2 aliphatic heterocycles. The molecule has 3 heterocycles. The normalized spacial score (nSPS) is 15.6. The van der Waals surface area contributed by atoms with E-state index in [1.54, 1.807) is 17.2 Å². The van der Waals surface area contributed by atoms with Gasteiger partial charge in [0.05, 0.1) is 23.4 Å². The molecule has 1 N–H and O–H groups in total. The van der Waals surface area contributed by atoms with Crippen molar-refractivity contribution in [3.63, 3.8) is 0 Å². The molecule has 0 aliphatic carbocycles. The van der Waals surface area contributed by atoms with Crippen LogP contribution in [0.15, 0.2) is 36.5 Å². The highest BCUT2D eigenvalue weighted by molar-refractivity contribution is 6.01. The van der Waals surface area contributed by atoms with Gasteiger partial charge in [-0.25, -0.2) is 0 Å². The number of carbonyl (C=O) groups is 2. The standard InChI is InChI=1S/C16H13N3O2/c20-15-6-13-14(18-15)5-12(7-17-13)16(21)19-8-10-3-1-2-4-11(10)9-19/h1-5,7H,6,8-9H2,(H,18,20). The third kappa shape index (κ3) is 1.98. The zero-order chi connectivity index (χ0) is 14.4. The number of benzene rings is 1. The summed E-state index contributed by atoms with van der Waals surface area (Å²) in [5.41, 5.74) is 4.26. The first-order valence-corrected chi connectivity index (χ1v) is 6.85. The van der Waals surface area contributed by atoms with Crippen LogP contribution in [0.25, 0.3) is 0 Å². The summed E-state index contributed by atoms with van der Waals surface area (Å²) < 4.78 is 0. The van der Waals surface area contributed by atoms with Gasteiger partial charge in [0, 0.05) is 19.3 Å². The molecule has 2 aliphatic rings. The summed E-state index contributed by atoms with van der Waals surface area (Å²) in [5, 5.41) is 2.73. The van der Waals surface area contributed by atoms with Crippen molar-refractivity contribution in [1.82, 2.24) is 9.88 Å². The van der Waals surface area contributed by atoms with E-state index in [1.165, 1.54) is 11.1 Å². The molecule has 5 heteroatoms. The fraction of sp³-hybridized carbons (Fsp3) is 0.188. The minimum absolute atomic E-state index is 0.0531. The van der Waals surface area contributed by atoms with Crippen LogP contribution in [-0.4, -0.2) is 21.7 Å². The van der Waals surface area contributed by atoms with E-state index < -0.39 is 0 Å². The number of aromatic nitrogens is 1. The van der Waals surface area contributed by atoms with Gasteiger partial charge in [0.1, 0.15) is 0 Å². The Balaban J connectivity index is 1.60. The Labute approximate surface area is 121 Å². The van der Waals surface area contributed by atoms with Gasteiger partial charge < -0.3 is 10.2 Å². The van der Waals surface area contributed by atoms with Crippen LogP contribution < -0.4 is 5.32 Å². The predicted molar refractivity (Wildman–Crippen MR) is 76.6 cm³/mol. The summed E-state index contributed by atoms with van der Waals surface area (Å²) in [5.74, 6) is -0.127. The molecule has 0 bridgehead atoms. The number of carbonyl (C=O) groups excluding carboxylic acids is 2. The van der Waals surface area contributed by atoms with Crippen LogP contribution in [0.2, 0.25) is 0 Å². The summed E-state index contributed by atoms with van der Waals surface area (Å²) in [4.78, 5) is 29.9. The van der Waals surface area contributed by atoms with E-state index in [2.05, 4.69) is 10.3 Å². The lowest BCUT2D eigenvalue weighted by Gasteiger charge is -2.15. The molecule has 1 aromatic heterocycles. The minimum Gasteiger partial charge on any atom is -0.330 e. The van der Waals surface area contributed by atoms with E-state index in [4.69, 9.17) is 0 Å². The Hall–Kier alpha value is -2.69. The van der Waals surface area contributed by atoms with Gasteiger partial charge in [-0.15, -0.1) is 0 Å². The molecule has 0 saturated heterocycles. The number of rotatable bonds is 1. The number of nitrogens with one attached hydrogen (secondary N) is 1. The number of nitrogens with zero attached hydrogens (tertiary/aromatic N) is 2. The first-order valence-electron chi connectivity index (χ1n) is 6.85. The largest absolute Gasteiger partial charge is 0.330 e. The molecular weight excluding hydrogens is 266 g/mol. The molecule has 0 atom stereocenters. The van der Waals surface area contributed by atoms with Gasteiger partial charge in [-0.1, -0.05) is 24.3 Å². The van der Waals surface area contributed by atoms with Crippen molar-refractivity contribution in [2.24, 2.45) is 0 Å². The molecule has 1 aromatic carbocycles. The average molecular weight is 279 g/mol. The minimum atomic E-state index is -0.0734. The van der Waals surface area contributed by atoms with Crippen molar-refractivity contribution in [2.75, 3.05) is 5.32 Å². The predicted octanol–water partition coefficient (Wildman–Crippen LogP) is 1.73. The zero-order valence-corrected chi connectivity index (χ0v) is 11.3. The van der Waals surface area contributed by atoms with Crippen LogP contribution in [0, 0.1) is 0 Å². The Morgan fingerprint density at radius 1 is 1.19 bits per heavy atom. The molecular formula is C16H13N3O2. The van der Waals surface area contributed by atoms with Crippen molar-refractivity contribution in [3.8, 4) is 0 Å². The first-order chi connectivity index (χ1) is 10.2. The fourth-order valence-corrected chi connectivity index (χ4v) is 2.86. The maximum Gasteiger partial charge on any atom is 0.256 e.